The second-order valence-corrected chi connectivity index (χ2v) is 26.1. The minimum absolute atomic E-state index is 0. The van der Waals surface area contributed by atoms with Gasteiger partial charge in [0.25, 0.3) is 11.9 Å². The fourth-order valence-electron chi connectivity index (χ4n) is 10.4. The molecule has 0 amide bonds. The molecule has 0 aliphatic carbocycles. The number of para-hydroxylation sites is 2. The maximum atomic E-state index is 13.2. The molecule has 7 heterocycles. The minimum atomic E-state index is -1.82. The average Bonchev–Trinajstić information content (AvgIpc) is 1.60. The van der Waals surface area contributed by atoms with Gasteiger partial charge in [0.2, 0.25) is 0 Å². The predicted octanol–water partition coefficient (Wildman–Crippen LogP) is 22.3. The summed E-state index contributed by atoms with van der Waals surface area (Å²) in [6.45, 7) is 15.9. The van der Waals surface area contributed by atoms with Crippen LogP contribution in [0.2, 0.25) is 0 Å². The molecule has 0 aliphatic rings. The van der Waals surface area contributed by atoms with E-state index in [-0.39, 0.29) is 130 Å². The molecule has 18 nitrogen and oxygen atoms in total. The zero-order chi connectivity index (χ0) is 85.4. The van der Waals surface area contributed by atoms with Crippen molar-refractivity contribution in [3.63, 3.8) is 0 Å². The molecule has 123 heavy (non-hydrogen) atoms. The van der Waals surface area contributed by atoms with Crippen molar-refractivity contribution in [1.82, 2.24) is 29.5 Å². The molecule has 0 spiro atoms. The second kappa shape index (κ2) is 62.6. The van der Waals surface area contributed by atoms with Crippen molar-refractivity contribution in [3.05, 3.63) is 381 Å². The molecular weight excluding hydrogens is 2480 g/mol. The maximum absolute atomic E-state index is 13.2. The number of pyridine rings is 5. The third-order valence-corrected chi connectivity index (χ3v) is 16.6. The van der Waals surface area contributed by atoms with Crippen molar-refractivity contribution in [2.75, 3.05) is 27.2 Å². The van der Waals surface area contributed by atoms with Crippen molar-refractivity contribution in [3.8, 4) is 83.5 Å². The first kappa shape index (κ1) is 111. The number of benzene rings is 8. The Morgan fingerprint density at radius 3 is 1.33 bits per heavy atom. The summed E-state index contributed by atoms with van der Waals surface area (Å²) in [5.74, 6) is -6.38. The minimum Gasteiger partial charge on any atom is -0.666 e. The fourth-order valence-corrected chi connectivity index (χ4v) is 11.0. The van der Waals surface area contributed by atoms with Gasteiger partial charge in [0.1, 0.15) is 0 Å². The summed E-state index contributed by atoms with van der Waals surface area (Å²) in [5.41, 5.74) is 18.3. The Balaban J connectivity index is 0.000000716. The summed E-state index contributed by atoms with van der Waals surface area (Å²) >= 11 is 1.66. The smallest absolute Gasteiger partial charge is 0.666 e. The number of thiophene rings is 1. The summed E-state index contributed by atoms with van der Waals surface area (Å²) < 4.78 is 28.1. The monoisotopic (exact) mass is 2570 g/mol. The quantitative estimate of drug-likeness (QED) is 0.0341. The van der Waals surface area contributed by atoms with E-state index >= 15 is 0 Å². The van der Waals surface area contributed by atoms with E-state index in [1.165, 1.54) is 55.2 Å². The summed E-state index contributed by atoms with van der Waals surface area (Å²) in [6.07, 6.45) is 9.68. The molecule has 15 rings (SSSR count). The molecule has 0 radical (unpaired) electrons. The summed E-state index contributed by atoms with van der Waals surface area (Å²) in [5, 5.41) is 50.6. The van der Waals surface area contributed by atoms with E-state index < -0.39 is 41.5 Å². The standard InChI is InChI=1S/C23H15N2.C23H16N.C13H12N.C11H6F2N.C9H6NS.C5H9O2.C4H10N2.C4H7O2.C3H5O2.C2H2O4.5Pt/c1-3-13-22-19(10-1)20-11-2-4-14-23(20)25(22)18-9-7-8-17(16-18)21-12-5-6-15-24-21;1-3-8-18(9-4-1)20-12-7-13-22(16-20)23-17-21(14-15-24-23)19-10-5-2-6-11-19;1-10-4-3-5-12(8-10)13-9-11(2)6-7-14-13;12-8-4-5-9(10(13)7-8)11-3-1-2-6-14-11;1-2-6-10-8(4-1)9-5-3-7-11-9;1-4(2)3-5(6)7;1-5-3-4-6-2;1-2-3-4(5)6;1-2-3(4)5;3-1(4)2(5)6;;;;;/h1-7,9-16H;1-12,14-17H;3-4,6-9H,1-2H3;1-4,6-7H;1-4,6-7H;3H2,1-2H3,(H,6,7);3-4H2,1-2H3;1-3H2,(H,5,6);1-2H2,(H,4,5);(H,3,4)(H,5,6);;;;;/q6*-1;-2;2*-1;;;;;;+2. The summed E-state index contributed by atoms with van der Waals surface area (Å²) in [6, 6.07) is 101. The van der Waals surface area contributed by atoms with Crippen LogP contribution in [0, 0.1) is 75.6 Å². The van der Waals surface area contributed by atoms with E-state index in [9.17, 15) is 23.2 Å². The van der Waals surface area contributed by atoms with E-state index in [1.54, 1.807) is 69.9 Å². The third kappa shape index (κ3) is 40.6. The van der Waals surface area contributed by atoms with Crippen LogP contribution in [-0.4, -0.2) is 112 Å². The molecule has 15 aromatic rings. The van der Waals surface area contributed by atoms with Crippen LogP contribution in [0.3, 0.4) is 0 Å². The topological polar surface area (TPSA) is 284 Å². The number of fused-ring (bicyclic) bond motifs is 3. The molecule has 0 aliphatic heterocycles. The van der Waals surface area contributed by atoms with Gasteiger partial charge in [-0.3, -0.25) is 23.2 Å². The van der Waals surface area contributed by atoms with Crippen molar-refractivity contribution >= 4 is 63.0 Å². The molecule has 7 aromatic heterocycles. The van der Waals surface area contributed by atoms with Gasteiger partial charge in [0, 0.05) is 144 Å². The molecule has 0 unspecified atom stereocenters. The normalized spacial score (nSPS) is 9.55. The summed E-state index contributed by atoms with van der Waals surface area (Å²) in [4.78, 5) is 69.4. The summed E-state index contributed by atoms with van der Waals surface area (Å²) in [7, 11) is 3.59. The molecule has 0 bridgehead atoms. The molecule has 0 fully saturated rings. The number of aryl methyl sites for hydroxylation is 2. The average molecular weight is 2570 g/mol. The zero-order valence-electron chi connectivity index (χ0n) is 67.5. The predicted molar refractivity (Wildman–Crippen MR) is 465 cm³/mol. The number of aromatic nitrogens is 6. The number of aliphatic carboxylic acids is 5. The van der Waals surface area contributed by atoms with Crippen LogP contribution in [-0.2, 0) is 129 Å². The van der Waals surface area contributed by atoms with Crippen molar-refractivity contribution in [2.45, 2.75) is 53.4 Å². The van der Waals surface area contributed by atoms with Gasteiger partial charge in [-0.05, 0) is 100 Å². The number of hydrogen-bond acceptors (Lipinski definition) is 11. The van der Waals surface area contributed by atoms with Crippen LogP contribution in [0.4, 0.5) is 8.78 Å². The number of carboxylic acids is 5. The molecule has 0 atom stereocenters. The van der Waals surface area contributed by atoms with E-state index in [0.29, 0.717) is 12.1 Å². The number of nitrogens with zero attached hydrogens (tertiary/aromatic N) is 8. The largest absolute Gasteiger partial charge is 2.00 e. The van der Waals surface area contributed by atoms with Crippen molar-refractivity contribution < 1.29 is 164 Å². The molecular formula is C97H88F2N8O10Pt5S-8. The number of halogens is 2. The molecule has 654 valence electrons. The number of likely N-dealkylation sites (N-methyl/N-ethyl adjacent to an activating group) is 2. The van der Waals surface area contributed by atoms with Crippen molar-refractivity contribution in [2.24, 2.45) is 0 Å². The zero-order valence-corrected chi connectivity index (χ0v) is 79.7. The van der Waals surface area contributed by atoms with Gasteiger partial charge in [0.05, 0.1) is 11.0 Å². The van der Waals surface area contributed by atoms with Gasteiger partial charge in [0.15, 0.2) is 0 Å². The Morgan fingerprint density at radius 2 is 0.894 bits per heavy atom. The van der Waals surface area contributed by atoms with Crippen LogP contribution in [0.5, 0.6) is 0 Å². The van der Waals surface area contributed by atoms with E-state index in [1.807, 2.05) is 115 Å². The number of carboxylic acid groups (broad SMARTS) is 5. The van der Waals surface area contributed by atoms with Crippen LogP contribution < -0.4 is 0 Å². The fraction of sp³-hybridized carbons (Fsp3) is 0.124. The van der Waals surface area contributed by atoms with E-state index in [4.69, 9.17) is 35.1 Å². The van der Waals surface area contributed by atoms with Crippen molar-refractivity contribution in [1.29, 1.82) is 0 Å². The molecule has 26 heteroatoms. The molecule has 5 N–H and O–H groups in total. The Hall–Kier alpha value is -10.4. The van der Waals surface area contributed by atoms with Gasteiger partial charge in [-0.1, -0.05) is 187 Å². The molecule has 0 saturated carbocycles. The van der Waals surface area contributed by atoms with E-state index in [0.717, 1.165) is 81.2 Å². The second-order valence-electron chi connectivity index (χ2n) is 25.2. The third-order valence-electron chi connectivity index (χ3n) is 15.7. The van der Waals surface area contributed by atoms with Gasteiger partial charge in [-0.15, -0.1) is 118 Å². The molecule has 8 aromatic carbocycles. The Bertz CT molecular complexity index is 5330. The number of hydrogen-bond donors (Lipinski definition) is 5. The SMILES string of the molecule is C[C-](C)CC(=O)O.C[N-]CC[N-]C.Cc1cc[c-]c(-c2cc(C)ccn2)c1.Fc1c[c-]c(-c2ccccn2)c(F)c1.O=C(O)C(=O)O.[CH2-]CC(=O)O.[CH2-]CCC(=O)O.[Pt+2].[Pt].[Pt].[Pt].[Pt].[c-]1ccc(-c2ccccc2)cc1-c1cc(-c2ccccc2)ccn1.[c-]1ccc(-n2c3ccccc3c3ccccc32)cc1-c1ccccn1.[c-]1ccsc1-c1ccccn1. The number of carbonyl (C=O) groups is 5. The van der Waals surface area contributed by atoms with Crippen LogP contribution >= 0.6 is 11.3 Å². The van der Waals surface area contributed by atoms with Gasteiger partial charge in [-0.25, -0.2) is 20.9 Å². The van der Waals surface area contributed by atoms with Crippen LogP contribution in [0.15, 0.2) is 297 Å². The first-order valence-corrected chi connectivity index (χ1v) is 37.6. The van der Waals surface area contributed by atoms with Crippen LogP contribution in [0.1, 0.15) is 50.7 Å². The molecule has 0 saturated heterocycles. The van der Waals surface area contributed by atoms with Gasteiger partial charge < -0.3 is 85.4 Å². The first-order chi connectivity index (χ1) is 57.0. The Labute approximate surface area is 793 Å². The maximum Gasteiger partial charge on any atom is 2.00 e. The van der Waals surface area contributed by atoms with E-state index in [2.05, 4.69) is 238 Å². The van der Waals surface area contributed by atoms with Crippen LogP contribution in [0.25, 0.3) is 116 Å². The van der Waals surface area contributed by atoms with Gasteiger partial charge >= 0.3 is 39.0 Å². The Morgan fingerprint density at radius 1 is 0.447 bits per heavy atom. The Kier molecular flexibility index (Phi) is 56.3. The number of rotatable bonds is 16. The van der Waals surface area contributed by atoms with Gasteiger partial charge in [-0.2, -0.15) is 59.6 Å². The first-order valence-electron chi connectivity index (χ1n) is 36.7.